The third kappa shape index (κ3) is 4.63. The number of carbonyl (C=O) groups is 1. The molecule has 4 nitrogen and oxygen atoms in total. The average Bonchev–Trinajstić information content (AvgIpc) is 3.06. The van der Waals surface area contributed by atoms with Gasteiger partial charge >= 0.3 is 18.4 Å². The van der Waals surface area contributed by atoms with E-state index < -0.39 is 46.9 Å². The Balaban J connectivity index is 1.89. The van der Waals surface area contributed by atoms with Crippen molar-refractivity contribution in [3.8, 4) is 0 Å². The van der Waals surface area contributed by atoms with Crippen LogP contribution in [0.3, 0.4) is 0 Å². The van der Waals surface area contributed by atoms with Crippen molar-refractivity contribution >= 4 is 22.6 Å². The molecule has 1 aliphatic rings. The number of aromatic nitrogens is 1. The highest BCUT2D eigenvalue weighted by atomic mass is 19.4. The number of para-hydroxylation sites is 1. The van der Waals surface area contributed by atoms with Crippen molar-refractivity contribution < 1.29 is 35.9 Å². The van der Waals surface area contributed by atoms with E-state index in [4.69, 9.17) is 4.74 Å². The number of hydrogen-bond donors (Lipinski definition) is 1. The molecular formula is C25H24F6N2O2. The first kappa shape index (κ1) is 25.1. The van der Waals surface area contributed by atoms with Gasteiger partial charge in [-0.3, -0.25) is 4.57 Å². The highest BCUT2D eigenvalue weighted by molar-refractivity contribution is 6.02. The number of amides is 1. The first-order chi connectivity index (χ1) is 16.1. The summed E-state index contributed by atoms with van der Waals surface area (Å²) in [7, 11) is 0. The van der Waals surface area contributed by atoms with Crippen LogP contribution in [0.5, 0.6) is 0 Å². The van der Waals surface area contributed by atoms with E-state index >= 15 is 0 Å². The maximum atomic E-state index is 13.5. The quantitative estimate of drug-likeness (QED) is 0.366. The predicted molar refractivity (Wildman–Crippen MR) is 119 cm³/mol. The van der Waals surface area contributed by atoms with Crippen molar-refractivity contribution in [1.29, 1.82) is 0 Å². The van der Waals surface area contributed by atoms with E-state index in [9.17, 15) is 31.1 Å². The molecule has 1 amide bonds. The number of nitrogens with one attached hydrogen (secondary N) is 1. The Kier molecular flexibility index (Phi) is 5.94. The van der Waals surface area contributed by atoms with Gasteiger partial charge in [0, 0.05) is 17.5 Å². The molecule has 188 valence electrons. The van der Waals surface area contributed by atoms with Gasteiger partial charge in [0.2, 0.25) is 0 Å². The van der Waals surface area contributed by atoms with Crippen molar-refractivity contribution in [2.75, 3.05) is 5.32 Å². The highest BCUT2D eigenvalue weighted by Crippen LogP contribution is 2.44. The largest absolute Gasteiger partial charge is 0.416 e. The van der Waals surface area contributed by atoms with Crippen LogP contribution in [0.4, 0.5) is 36.8 Å². The lowest BCUT2D eigenvalue weighted by Crippen LogP contribution is -2.36. The molecule has 2 heterocycles. The van der Waals surface area contributed by atoms with Crippen LogP contribution in [0.15, 0.2) is 36.4 Å². The zero-order valence-electron chi connectivity index (χ0n) is 19.5. The van der Waals surface area contributed by atoms with E-state index in [1.54, 1.807) is 13.0 Å². The Hall–Kier alpha value is -3.01. The molecule has 1 aromatic heterocycles. The SMILES string of the molecule is CC[C@@H]1OC(C)(C)Cc2c1n(C(=O)Nc1cc(C(F)(F)F)cc(C(F)(F)F)c1)c1c(C)cccc21. The fourth-order valence-corrected chi connectivity index (χ4v) is 4.72. The van der Waals surface area contributed by atoms with E-state index in [1.807, 2.05) is 32.9 Å². The second-order valence-electron chi connectivity index (χ2n) is 9.35. The minimum absolute atomic E-state index is 0.0236. The maximum absolute atomic E-state index is 13.5. The van der Waals surface area contributed by atoms with Crippen LogP contribution in [-0.4, -0.2) is 16.2 Å². The predicted octanol–water partition coefficient (Wildman–Crippen LogP) is 7.87. The summed E-state index contributed by atoms with van der Waals surface area (Å²) < 4.78 is 87.3. The number of anilines is 1. The van der Waals surface area contributed by atoms with Crippen LogP contribution in [0.25, 0.3) is 10.9 Å². The van der Waals surface area contributed by atoms with E-state index in [2.05, 4.69) is 5.32 Å². The third-order valence-electron chi connectivity index (χ3n) is 6.12. The van der Waals surface area contributed by atoms with Crippen molar-refractivity contribution in [3.63, 3.8) is 0 Å². The third-order valence-corrected chi connectivity index (χ3v) is 6.12. The standard InChI is InChI=1S/C25H24F6N2O2/c1-5-19-21-18(12-23(3,4)35-19)17-8-6-7-13(2)20(17)33(21)22(34)32-16-10-14(24(26,27)28)9-15(11-16)25(29,30)31/h6-11,19H,5,12H2,1-4H3,(H,32,34)/t19-/m0/s1. The van der Waals surface area contributed by atoms with E-state index in [0.29, 0.717) is 36.2 Å². The molecule has 4 rings (SSSR count). The second kappa shape index (κ2) is 8.29. The smallest absolute Gasteiger partial charge is 0.366 e. The summed E-state index contributed by atoms with van der Waals surface area (Å²) in [6.45, 7) is 7.53. The van der Waals surface area contributed by atoms with Gasteiger partial charge < -0.3 is 10.1 Å². The van der Waals surface area contributed by atoms with Gasteiger partial charge in [0.15, 0.2) is 0 Å². The van der Waals surface area contributed by atoms with Crippen molar-refractivity contribution in [1.82, 2.24) is 4.57 Å². The Morgan fingerprint density at radius 2 is 1.69 bits per heavy atom. The highest BCUT2D eigenvalue weighted by Gasteiger charge is 2.39. The number of rotatable bonds is 2. The van der Waals surface area contributed by atoms with Crippen LogP contribution >= 0.6 is 0 Å². The van der Waals surface area contributed by atoms with Crippen LogP contribution in [0.1, 0.15) is 61.2 Å². The molecule has 10 heteroatoms. The molecule has 0 spiro atoms. The lowest BCUT2D eigenvalue weighted by atomic mass is 9.90. The van der Waals surface area contributed by atoms with Crippen LogP contribution in [0, 0.1) is 6.92 Å². The summed E-state index contributed by atoms with van der Waals surface area (Å²) in [5, 5.41) is 3.07. The Morgan fingerprint density at radius 3 is 2.23 bits per heavy atom. The van der Waals surface area contributed by atoms with Gasteiger partial charge in [-0.05, 0) is 56.5 Å². The molecule has 1 N–H and O–H groups in total. The summed E-state index contributed by atoms with van der Waals surface area (Å²) in [5.41, 5.74) is -1.43. The number of carbonyl (C=O) groups excluding carboxylic acids is 1. The molecule has 2 aromatic carbocycles. The summed E-state index contributed by atoms with van der Waals surface area (Å²) >= 11 is 0. The molecule has 1 atom stereocenters. The summed E-state index contributed by atoms with van der Waals surface area (Å²) in [4.78, 5) is 13.5. The summed E-state index contributed by atoms with van der Waals surface area (Å²) in [6.07, 6.45) is -9.53. The monoisotopic (exact) mass is 498 g/mol. The van der Waals surface area contributed by atoms with Crippen molar-refractivity contribution in [2.24, 2.45) is 0 Å². The normalized spacial score (nSPS) is 17.9. The topological polar surface area (TPSA) is 43.3 Å². The minimum atomic E-state index is -5.02. The first-order valence-electron chi connectivity index (χ1n) is 11.0. The van der Waals surface area contributed by atoms with Gasteiger partial charge in [0.25, 0.3) is 0 Å². The fourth-order valence-electron chi connectivity index (χ4n) is 4.72. The molecule has 0 radical (unpaired) electrons. The number of alkyl halides is 6. The number of nitrogens with zero attached hydrogens (tertiary/aromatic N) is 1. The number of benzene rings is 2. The van der Waals surface area contributed by atoms with E-state index in [0.717, 1.165) is 16.5 Å². The van der Waals surface area contributed by atoms with E-state index in [-0.39, 0.29) is 6.07 Å². The van der Waals surface area contributed by atoms with Gasteiger partial charge in [-0.15, -0.1) is 0 Å². The number of fused-ring (bicyclic) bond motifs is 3. The summed E-state index contributed by atoms with van der Waals surface area (Å²) in [6, 6.07) is 5.63. The molecule has 0 fully saturated rings. The molecule has 0 bridgehead atoms. The number of hydrogen-bond acceptors (Lipinski definition) is 2. The van der Waals surface area contributed by atoms with Crippen LogP contribution in [-0.2, 0) is 23.5 Å². The van der Waals surface area contributed by atoms with Gasteiger partial charge in [-0.1, -0.05) is 25.1 Å². The number of aryl methyl sites for hydroxylation is 1. The van der Waals surface area contributed by atoms with E-state index in [1.165, 1.54) is 4.57 Å². The molecule has 35 heavy (non-hydrogen) atoms. The molecule has 1 aliphatic heterocycles. The van der Waals surface area contributed by atoms with Crippen molar-refractivity contribution in [3.05, 3.63) is 64.3 Å². The van der Waals surface area contributed by atoms with Gasteiger partial charge in [0.05, 0.1) is 34.0 Å². The molecule has 0 saturated carbocycles. The molecule has 0 saturated heterocycles. The molecule has 3 aromatic rings. The maximum Gasteiger partial charge on any atom is 0.416 e. The second-order valence-corrected chi connectivity index (χ2v) is 9.35. The first-order valence-corrected chi connectivity index (χ1v) is 11.0. The Bertz CT molecular complexity index is 1270. The zero-order chi connectivity index (χ0) is 25.9. The fraction of sp³-hybridized carbons (Fsp3) is 0.400. The number of ether oxygens (including phenoxy) is 1. The molecule has 0 unspecified atom stereocenters. The van der Waals surface area contributed by atoms with Crippen LogP contribution in [0.2, 0.25) is 0 Å². The summed E-state index contributed by atoms with van der Waals surface area (Å²) in [5.74, 6) is 0. The minimum Gasteiger partial charge on any atom is -0.366 e. The van der Waals surface area contributed by atoms with Crippen LogP contribution < -0.4 is 5.32 Å². The average molecular weight is 498 g/mol. The van der Waals surface area contributed by atoms with Gasteiger partial charge in [-0.2, -0.15) is 26.3 Å². The molecular weight excluding hydrogens is 474 g/mol. The number of halogens is 6. The lowest BCUT2D eigenvalue weighted by molar-refractivity contribution is -0.143. The zero-order valence-corrected chi connectivity index (χ0v) is 19.5. The lowest BCUT2D eigenvalue weighted by Gasteiger charge is -2.36. The Labute approximate surface area is 197 Å². The van der Waals surface area contributed by atoms with Crippen molar-refractivity contribution in [2.45, 2.75) is 64.6 Å². The van der Waals surface area contributed by atoms with Gasteiger partial charge in [-0.25, -0.2) is 4.79 Å². The van der Waals surface area contributed by atoms with Gasteiger partial charge in [0.1, 0.15) is 0 Å². The Morgan fingerprint density at radius 1 is 1.09 bits per heavy atom. The molecule has 0 aliphatic carbocycles.